The van der Waals surface area contributed by atoms with Crippen molar-refractivity contribution in [2.75, 3.05) is 5.32 Å². The zero-order chi connectivity index (χ0) is 13.0. The van der Waals surface area contributed by atoms with Crippen molar-refractivity contribution in [1.82, 2.24) is 4.98 Å². The molecule has 1 amide bonds. The number of anilines is 1. The molecule has 0 spiro atoms. The summed E-state index contributed by atoms with van der Waals surface area (Å²) in [6.45, 7) is 2.04. The SMILES string of the molecule is Cc1ccc(NC(=O)Cc2cccnc2)cc1I. The van der Waals surface area contributed by atoms with Crippen molar-refractivity contribution in [3.8, 4) is 0 Å². The molecule has 0 aliphatic rings. The molecule has 4 heteroatoms. The van der Waals surface area contributed by atoms with Crippen LogP contribution in [-0.4, -0.2) is 10.9 Å². The number of hydrogen-bond acceptors (Lipinski definition) is 2. The Hall–Kier alpha value is -1.43. The lowest BCUT2D eigenvalue weighted by atomic mass is 10.2. The average Bonchev–Trinajstić information content (AvgIpc) is 2.35. The van der Waals surface area contributed by atoms with E-state index < -0.39 is 0 Å². The number of rotatable bonds is 3. The summed E-state index contributed by atoms with van der Waals surface area (Å²) in [5.41, 5.74) is 2.96. The Balaban J connectivity index is 2.01. The van der Waals surface area contributed by atoms with E-state index in [0.29, 0.717) is 6.42 Å². The van der Waals surface area contributed by atoms with Gasteiger partial charge in [-0.15, -0.1) is 0 Å². The molecule has 18 heavy (non-hydrogen) atoms. The number of carbonyl (C=O) groups excluding carboxylic acids is 1. The van der Waals surface area contributed by atoms with E-state index in [0.717, 1.165) is 14.8 Å². The summed E-state index contributed by atoms with van der Waals surface area (Å²) in [6.07, 6.45) is 3.75. The van der Waals surface area contributed by atoms with Crippen LogP contribution in [0.1, 0.15) is 11.1 Å². The molecule has 0 saturated carbocycles. The van der Waals surface area contributed by atoms with E-state index in [2.05, 4.69) is 32.9 Å². The average molecular weight is 352 g/mol. The molecule has 2 aromatic rings. The first kappa shape index (κ1) is 13.0. The first-order valence-electron chi connectivity index (χ1n) is 5.60. The molecular weight excluding hydrogens is 339 g/mol. The maximum Gasteiger partial charge on any atom is 0.228 e. The van der Waals surface area contributed by atoms with Gasteiger partial charge in [-0.25, -0.2) is 0 Å². The van der Waals surface area contributed by atoms with Crippen LogP contribution in [0.5, 0.6) is 0 Å². The quantitative estimate of drug-likeness (QED) is 0.863. The standard InChI is InChI=1S/C14H13IN2O/c1-10-4-5-12(8-13(10)15)17-14(18)7-11-3-2-6-16-9-11/h2-6,8-9H,7H2,1H3,(H,17,18). The van der Waals surface area contributed by atoms with Gasteiger partial charge in [0.05, 0.1) is 6.42 Å². The van der Waals surface area contributed by atoms with Crippen LogP contribution in [0.4, 0.5) is 5.69 Å². The third kappa shape index (κ3) is 3.53. The van der Waals surface area contributed by atoms with Crippen LogP contribution < -0.4 is 5.32 Å². The van der Waals surface area contributed by atoms with Gasteiger partial charge in [0.2, 0.25) is 5.91 Å². The molecule has 1 N–H and O–H groups in total. The minimum absolute atomic E-state index is 0.0253. The molecule has 0 aliphatic heterocycles. The normalized spacial score (nSPS) is 10.1. The van der Waals surface area contributed by atoms with Crippen LogP contribution in [-0.2, 0) is 11.2 Å². The van der Waals surface area contributed by atoms with E-state index in [1.165, 1.54) is 5.56 Å². The van der Waals surface area contributed by atoms with Gasteiger partial charge in [-0.2, -0.15) is 0 Å². The van der Waals surface area contributed by atoms with Crippen LogP contribution in [0.25, 0.3) is 0 Å². The first-order valence-corrected chi connectivity index (χ1v) is 6.68. The summed E-state index contributed by atoms with van der Waals surface area (Å²) >= 11 is 2.26. The molecule has 1 heterocycles. The van der Waals surface area contributed by atoms with Crippen molar-refractivity contribution in [3.05, 3.63) is 57.4 Å². The van der Waals surface area contributed by atoms with Gasteiger partial charge >= 0.3 is 0 Å². The molecule has 1 aromatic carbocycles. The second-order valence-electron chi connectivity index (χ2n) is 4.05. The van der Waals surface area contributed by atoms with Gasteiger partial charge in [-0.3, -0.25) is 9.78 Å². The first-order chi connectivity index (χ1) is 8.65. The van der Waals surface area contributed by atoms with Crippen molar-refractivity contribution < 1.29 is 4.79 Å². The summed E-state index contributed by atoms with van der Waals surface area (Å²) in [5, 5.41) is 2.89. The smallest absolute Gasteiger partial charge is 0.228 e. The van der Waals surface area contributed by atoms with Crippen LogP contribution in [0.3, 0.4) is 0 Å². The van der Waals surface area contributed by atoms with E-state index in [1.807, 2.05) is 37.3 Å². The van der Waals surface area contributed by atoms with Gasteiger partial charge < -0.3 is 5.32 Å². The molecule has 3 nitrogen and oxygen atoms in total. The van der Waals surface area contributed by atoms with Crippen molar-refractivity contribution in [1.29, 1.82) is 0 Å². The molecule has 0 saturated heterocycles. The Morgan fingerprint density at radius 1 is 1.39 bits per heavy atom. The van der Waals surface area contributed by atoms with Gasteiger partial charge in [0.15, 0.2) is 0 Å². The summed E-state index contributed by atoms with van der Waals surface area (Å²) < 4.78 is 1.15. The zero-order valence-electron chi connectivity index (χ0n) is 9.98. The van der Waals surface area contributed by atoms with Crippen LogP contribution in [0.2, 0.25) is 0 Å². The molecule has 0 unspecified atom stereocenters. The van der Waals surface area contributed by atoms with Gasteiger partial charge in [-0.05, 0) is 58.8 Å². The van der Waals surface area contributed by atoms with E-state index >= 15 is 0 Å². The molecular formula is C14H13IN2O. The second-order valence-corrected chi connectivity index (χ2v) is 5.21. The summed E-state index contributed by atoms with van der Waals surface area (Å²) in [5.74, 6) is -0.0253. The zero-order valence-corrected chi connectivity index (χ0v) is 12.1. The molecule has 0 bridgehead atoms. The molecule has 0 fully saturated rings. The third-order valence-electron chi connectivity index (χ3n) is 2.54. The van der Waals surface area contributed by atoms with Gasteiger partial charge in [0.1, 0.15) is 0 Å². The highest BCUT2D eigenvalue weighted by Gasteiger charge is 2.05. The van der Waals surface area contributed by atoms with Gasteiger partial charge in [0.25, 0.3) is 0 Å². The fourth-order valence-electron chi connectivity index (χ4n) is 1.56. The van der Waals surface area contributed by atoms with Gasteiger partial charge in [-0.1, -0.05) is 12.1 Å². The monoisotopic (exact) mass is 352 g/mol. The fraction of sp³-hybridized carbons (Fsp3) is 0.143. The highest BCUT2D eigenvalue weighted by molar-refractivity contribution is 14.1. The Labute approximate surface area is 120 Å². The minimum atomic E-state index is -0.0253. The predicted molar refractivity (Wildman–Crippen MR) is 80.5 cm³/mol. The van der Waals surface area contributed by atoms with Gasteiger partial charge in [0, 0.05) is 21.7 Å². The predicted octanol–water partition coefficient (Wildman–Crippen LogP) is 3.18. The molecule has 0 atom stereocenters. The van der Waals surface area contributed by atoms with Crippen LogP contribution in [0, 0.1) is 10.5 Å². The third-order valence-corrected chi connectivity index (χ3v) is 3.71. The molecule has 2 rings (SSSR count). The Morgan fingerprint density at radius 3 is 2.89 bits per heavy atom. The lowest BCUT2D eigenvalue weighted by Gasteiger charge is -2.07. The minimum Gasteiger partial charge on any atom is -0.326 e. The Kier molecular flexibility index (Phi) is 4.30. The lowest BCUT2D eigenvalue weighted by molar-refractivity contribution is -0.115. The summed E-state index contributed by atoms with van der Waals surface area (Å²) in [4.78, 5) is 15.8. The molecule has 1 aromatic heterocycles. The number of aryl methyl sites for hydroxylation is 1. The van der Waals surface area contributed by atoms with Crippen molar-refractivity contribution in [3.63, 3.8) is 0 Å². The fourth-order valence-corrected chi connectivity index (χ4v) is 2.08. The number of pyridine rings is 1. The number of aromatic nitrogens is 1. The summed E-state index contributed by atoms with van der Waals surface area (Å²) in [7, 11) is 0. The number of amides is 1. The highest BCUT2D eigenvalue weighted by Crippen LogP contribution is 2.17. The lowest BCUT2D eigenvalue weighted by Crippen LogP contribution is -2.14. The van der Waals surface area contributed by atoms with Crippen molar-refractivity contribution >= 4 is 34.2 Å². The summed E-state index contributed by atoms with van der Waals surface area (Å²) in [6, 6.07) is 9.61. The van der Waals surface area contributed by atoms with E-state index in [-0.39, 0.29) is 5.91 Å². The van der Waals surface area contributed by atoms with E-state index in [9.17, 15) is 4.79 Å². The van der Waals surface area contributed by atoms with Crippen molar-refractivity contribution in [2.24, 2.45) is 0 Å². The largest absolute Gasteiger partial charge is 0.326 e. The number of nitrogens with one attached hydrogen (secondary N) is 1. The number of nitrogens with zero attached hydrogens (tertiary/aromatic N) is 1. The maximum atomic E-state index is 11.8. The Bertz CT molecular complexity index is 555. The molecule has 0 aliphatic carbocycles. The Morgan fingerprint density at radius 2 is 2.22 bits per heavy atom. The van der Waals surface area contributed by atoms with Crippen LogP contribution in [0.15, 0.2) is 42.7 Å². The topological polar surface area (TPSA) is 42.0 Å². The van der Waals surface area contributed by atoms with E-state index in [1.54, 1.807) is 12.4 Å². The van der Waals surface area contributed by atoms with E-state index in [4.69, 9.17) is 0 Å². The second kappa shape index (κ2) is 5.95. The molecule has 92 valence electrons. The number of halogens is 1. The number of carbonyl (C=O) groups is 1. The molecule has 0 radical (unpaired) electrons. The van der Waals surface area contributed by atoms with Crippen LogP contribution >= 0.6 is 22.6 Å². The highest BCUT2D eigenvalue weighted by atomic mass is 127. The maximum absolute atomic E-state index is 11.8. The number of hydrogen-bond donors (Lipinski definition) is 1. The number of benzene rings is 1. The van der Waals surface area contributed by atoms with Crippen molar-refractivity contribution in [2.45, 2.75) is 13.3 Å².